The summed E-state index contributed by atoms with van der Waals surface area (Å²) >= 11 is 0. The molecule has 0 N–H and O–H groups in total. The van der Waals surface area contributed by atoms with Crippen LogP contribution in [0.3, 0.4) is 0 Å². The Labute approximate surface area is 174 Å². The monoisotopic (exact) mass is 396 g/mol. The van der Waals surface area contributed by atoms with Crippen LogP contribution in [0.4, 0.5) is 8.63 Å². The van der Waals surface area contributed by atoms with Gasteiger partial charge in [0.15, 0.2) is 0 Å². The first kappa shape index (κ1) is 18.6. The molecule has 0 amide bonds. The van der Waals surface area contributed by atoms with Gasteiger partial charge in [0.25, 0.3) is 0 Å². The van der Waals surface area contributed by atoms with Crippen LogP contribution in [0.25, 0.3) is 22.0 Å². The predicted molar refractivity (Wildman–Crippen MR) is 121 cm³/mol. The van der Waals surface area contributed by atoms with Crippen molar-refractivity contribution in [1.82, 2.24) is 4.48 Å². The molecule has 1 aromatic heterocycles. The number of nitrogens with zero attached hydrogens (tertiary/aromatic N) is 2. The summed E-state index contributed by atoms with van der Waals surface area (Å²) in [5.74, 6) is 0. The number of benzene rings is 3. The van der Waals surface area contributed by atoms with Crippen molar-refractivity contribution in [3.05, 3.63) is 107 Å². The number of aliphatic imine (C=N–C) groups is 1. The maximum atomic E-state index is 14.4. The predicted octanol–water partition coefficient (Wildman–Crippen LogP) is 6.46. The van der Waals surface area contributed by atoms with Crippen LogP contribution in [0, 0.1) is 6.92 Å². The zero-order valence-corrected chi connectivity index (χ0v) is 16.7. The Morgan fingerprint density at radius 2 is 1.37 bits per heavy atom. The Morgan fingerprint density at radius 1 is 0.767 bits per heavy atom. The van der Waals surface area contributed by atoms with Gasteiger partial charge in [0, 0.05) is 38.9 Å². The molecule has 0 saturated carbocycles. The molecule has 3 aromatic carbocycles. The van der Waals surface area contributed by atoms with Crippen molar-refractivity contribution in [1.29, 1.82) is 0 Å². The second-order valence-corrected chi connectivity index (χ2v) is 7.46. The fraction of sp³-hybridized carbons (Fsp3) is 0.0800. The van der Waals surface area contributed by atoms with Crippen LogP contribution in [0.5, 0.6) is 0 Å². The molecular weight excluding hydrogens is 377 g/mol. The van der Waals surface area contributed by atoms with E-state index in [4.69, 9.17) is 4.99 Å². The summed E-state index contributed by atoms with van der Waals surface area (Å²) in [5, 5.41) is 1.63. The second-order valence-electron chi connectivity index (χ2n) is 7.46. The first-order chi connectivity index (χ1) is 14.6. The van der Waals surface area contributed by atoms with Crippen molar-refractivity contribution < 1.29 is 8.63 Å². The first-order valence-corrected chi connectivity index (χ1v) is 9.90. The van der Waals surface area contributed by atoms with Gasteiger partial charge in [0.1, 0.15) is 0 Å². The Bertz CT molecular complexity index is 1330. The van der Waals surface area contributed by atoms with Crippen LogP contribution >= 0.6 is 0 Å². The van der Waals surface area contributed by atoms with E-state index in [1.165, 1.54) is 0 Å². The van der Waals surface area contributed by atoms with Crippen molar-refractivity contribution >= 4 is 35.2 Å². The van der Waals surface area contributed by atoms with Gasteiger partial charge in [-0.05, 0) is 19.4 Å². The highest BCUT2D eigenvalue weighted by Crippen LogP contribution is 2.42. The van der Waals surface area contributed by atoms with E-state index in [1.807, 2.05) is 85.8 Å². The molecule has 146 valence electrons. The lowest BCUT2D eigenvalue weighted by atomic mass is 9.93. The van der Waals surface area contributed by atoms with Crippen molar-refractivity contribution in [3.8, 4) is 0 Å². The molecule has 5 heteroatoms. The van der Waals surface area contributed by atoms with E-state index >= 15 is 0 Å². The van der Waals surface area contributed by atoms with Crippen molar-refractivity contribution in [2.45, 2.75) is 13.8 Å². The fourth-order valence-corrected chi connectivity index (χ4v) is 4.41. The molecule has 4 aromatic rings. The third kappa shape index (κ3) is 2.73. The van der Waals surface area contributed by atoms with Gasteiger partial charge in [-0.1, -0.05) is 78.9 Å². The quantitative estimate of drug-likeness (QED) is 0.354. The highest BCUT2D eigenvalue weighted by atomic mass is 19.2. The summed E-state index contributed by atoms with van der Waals surface area (Å²) < 4.78 is 29.9. The van der Waals surface area contributed by atoms with E-state index in [-0.39, 0.29) is 0 Å². The van der Waals surface area contributed by atoms with Gasteiger partial charge >= 0.3 is 7.40 Å². The zero-order valence-electron chi connectivity index (χ0n) is 16.7. The second kappa shape index (κ2) is 7.10. The minimum Gasteiger partial charge on any atom is -0.328 e. The largest absolute Gasteiger partial charge is 0.677 e. The van der Waals surface area contributed by atoms with E-state index < -0.39 is 7.40 Å². The van der Waals surface area contributed by atoms with Gasteiger partial charge in [0.05, 0.1) is 11.4 Å². The van der Waals surface area contributed by atoms with Gasteiger partial charge in [-0.2, -0.15) is 0 Å². The van der Waals surface area contributed by atoms with Crippen molar-refractivity contribution in [3.63, 3.8) is 0 Å². The zero-order chi connectivity index (χ0) is 20.8. The maximum absolute atomic E-state index is 14.4. The van der Waals surface area contributed by atoms with E-state index in [1.54, 1.807) is 6.92 Å². The van der Waals surface area contributed by atoms with Gasteiger partial charge in [-0.15, -0.1) is 0 Å². The van der Waals surface area contributed by atoms with Gasteiger partial charge in [-0.3, -0.25) is 13.6 Å². The number of rotatable bonds is 3. The molecule has 0 fully saturated rings. The molecule has 0 atom stereocenters. The maximum Gasteiger partial charge on any atom is 0.677 e. The lowest BCUT2D eigenvalue weighted by Crippen LogP contribution is -2.18. The molecule has 5 rings (SSSR count). The number of halogens is 2. The van der Waals surface area contributed by atoms with Crippen LogP contribution in [-0.4, -0.2) is 17.6 Å². The number of fused-ring (bicyclic) bond motifs is 2. The SMILES string of the molecule is CC1=N/C(=C(/c2ccccc2)c2c3ccccc3c(C)n2B(F)F)c2ccccc21. The summed E-state index contributed by atoms with van der Waals surface area (Å²) in [6, 6.07) is 25.3. The molecule has 30 heavy (non-hydrogen) atoms. The molecule has 2 heterocycles. The van der Waals surface area contributed by atoms with Gasteiger partial charge in [0.2, 0.25) is 0 Å². The molecule has 0 bridgehead atoms. The lowest BCUT2D eigenvalue weighted by Gasteiger charge is -2.16. The topological polar surface area (TPSA) is 17.3 Å². The molecule has 2 nitrogen and oxygen atoms in total. The third-order valence-corrected chi connectivity index (χ3v) is 5.76. The van der Waals surface area contributed by atoms with Crippen LogP contribution in [0.15, 0.2) is 83.9 Å². The Balaban J connectivity index is 1.97. The van der Waals surface area contributed by atoms with Gasteiger partial charge < -0.3 is 4.48 Å². The summed E-state index contributed by atoms with van der Waals surface area (Å²) in [5.41, 5.74) is 6.29. The van der Waals surface area contributed by atoms with Crippen molar-refractivity contribution in [2.75, 3.05) is 0 Å². The highest BCUT2D eigenvalue weighted by molar-refractivity contribution is 6.42. The lowest BCUT2D eigenvalue weighted by molar-refractivity contribution is 0.625. The van der Waals surface area contributed by atoms with Crippen molar-refractivity contribution in [2.24, 2.45) is 4.99 Å². The Kier molecular flexibility index (Phi) is 4.39. The van der Waals surface area contributed by atoms with Crippen LogP contribution in [-0.2, 0) is 0 Å². The number of hydrogen-bond donors (Lipinski definition) is 0. The average molecular weight is 396 g/mol. The van der Waals surface area contributed by atoms with E-state index in [9.17, 15) is 8.63 Å². The molecule has 1 aliphatic rings. The number of aromatic nitrogens is 1. The van der Waals surface area contributed by atoms with E-state index in [0.717, 1.165) is 48.9 Å². The smallest absolute Gasteiger partial charge is 0.328 e. The highest BCUT2D eigenvalue weighted by Gasteiger charge is 2.31. The molecule has 0 spiro atoms. The van der Waals surface area contributed by atoms with Gasteiger partial charge in [-0.25, -0.2) is 0 Å². The van der Waals surface area contributed by atoms with Crippen LogP contribution in [0.2, 0.25) is 0 Å². The standard InChI is InChI=1S/C25H19BF2N2/c1-16-19-12-6-8-14-21(19)24(29-16)23(18-10-4-3-5-11-18)25-22-15-9-7-13-20(22)17(2)30(25)26(27)28/h3-15H,1-2H3/b24-23-. The van der Waals surface area contributed by atoms with E-state index in [2.05, 4.69) is 0 Å². The molecular formula is C25H19BF2N2. The summed E-state index contributed by atoms with van der Waals surface area (Å²) in [6.07, 6.45) is 0. The van der Waals surface area contributed by atoms with Crippen LogP contribution < -0.4 is 0 Å². The summed E-state index contributed by atoms with van der Waals surface area (Å²) in [6.45, 7) is 3.71. The Hall–Kier alpha value is -3.47. The molecule has 0 saturated heterocycles. The minimum atomic E-state index is -2.66. The van der Waals surface area contributed by atoms with Crippen LogP contribution in [0.1, 0.15) is 35.0 Å². The average Bonchev–Trinajstić information content (AvgIpc) is 3.25. The molecule has 0 aliphatic carbocycles. The number of aryl methyl sites for hydroxylation is 1. The van der Waals surface area contributed by atoms with E-state index in [0.29, 0.717) is 11.4 Å². The summed E-state index contributed by atoms with van der Waals surface area (Å²) in [4.78, 5) is 4.86. The first-order valence-electron chi connectivity index (χ1n) is 9.90. The minimum absolute atomic E-state index is 0.507. The molecule has 1 aliphatic heterocycles. The normalized spacial score (nSPS) is 14.6. The molecule has 0 unspecified atom stereocenters. The third-order valence-electron chi connectivity index (χ3n) is 5.76. The Morgan fingerprint density at radius 3 is 2.07 bits per heavy atom. The summed E-state index contributed by atoms with van der Waals surface area (Å²) in [7, 11) is -2.66. The molecule has 0 radical (unpaired) electrons. The fourth-order valence-electron chi connectivity index (χ4n) is 4.41. The number of hydrogen-bond acceptors (Lipinski definition) is 1.